The van der Waals surface area contributed by atoms with Crippen molar-refractivity contribution in [2.45, 2.75) is 108 Å². The lowest BCUT2D eigenvalue weighted by Crippen LogP contribution is -2.58. The first-order valence-corrected chi connectivity index (χ1v) is 11.3. The van der Waals surface area contributed by atoms with E-state index in [0.717, 1.165) is 0 Å². The molecule has 3 rings (SSSR count). The van der Waals surface area contributed by atoms with Crippen LogP contribution in [0.4, 0.5) is 0 Å². The van der Waals surface area contributed by atoms with Crippen molar-refractivity contribution in [2.24, 2.45) is 5.73 Å². The predicted octanol–water partition coefficient (Wildman–Crippen LogP) is 2.41. The van der Waals surface area contributed by atoms with E-state index >= 15 is 0 Å². The smallest absolute Gasteiger partial charge is 0.293 e. The molecule has 0 spiro atoms. The highest BCUT2D eigenvalue weighted by molar-refractivity contribution is 5.37. The number of hydrogen-bond donors (Lipinski definition) is 3. The molecule has 2 aliphatic heterocycles. The zero-order valence-corrected chi connectivity index (χ0v) is 18.6. The topological polar surface area (TPSA) is 79.6 Å². The largest absolute Gasteiger partial charge is 0.462 e. The van der Waals surface area contributed by atoms with E-state index in [9.17, 15) is 4.79 Å². The van der Waals surface area contributed by atoms with Crippen LogP contribution in [0.15, 0.2) is 0 Å². The molecule has 1 aliphatic carbocycles. The molecular weight excluding hydrogens is 352 g/mol. The molecule has 0 aromatic carbocycles. The van der Waals surface area contributed by atoms with Gasteiger partial charge >= 0.3 is 0 Å². The van der Waals surface area contributed by atoms with Crippen molar-refractivity contribution < 1.29 is 9.53 Å². The number of nitrogens with two attached hydrogens (primary N) is 1. The lowest BCUT2D eigenvalue weighted by Gasteiger charge is -2.48. The van der Waals surface area contributed by atoms with Gasteiger partial charge in [0.1, 0.15) is 5.60 Å². The van der Waals surface area contributed by atoms with Crippen molar-refractivity contribution in [3.63, 3.8) is 0 Å². The SMILES string of the molecule is CC(C)(C)OC=O.CC1(N2CCC(N[C@@H]3CCCC[C@@H]3N)CC2)CCNCC1. The monoisotopic (exact) mass is 396 g/mol. The van der Waals surface area contributed by atoms with E-state index in [1.807, 2.05) is 20.8 Å². The van der Waals surface area contributed by atoms with Gasteiger partial charge in [0.25, 0.3) is 6.47 Å². The van der Waals surface area contributed by atoms with E-state index in [2.05, 4.69) is 27.2 Å². The minimum Gasteiger partial charge on any atom is -0.462 e. The van der Waals surface area contributed by atoms with Gasteiger partial charge in [-0.1, -0.05) is 12.8 Å². The Morgan fingerprint density at radius 2 is 1.71 bits per heavy atom. The summed E-state index contributed by atoms with van der Waals surface area (Å²) in [6.45, 7) is 13.3. The van der Waals surface area contributed by atoms with E-state index in [-0.39, 0.29) is 5.60 Å². The van der Waals surface area contributed by atoms with Crippen LogP contribution in [0.3, 0.4) is 0 Å². The van der Waals surface area contributed by atoms with Crippen molar-refractivity contribution in [1.82, 2.24) is 15.5 Å². The number of carbonyl (C=O) groups excluding carboxylic acids is 1. The van der Waals surface area contributed by atoms with Crippen molar-refractivity contribution >= 4 is 6.47 Å². The maximum Gasteiger partial charge on any atom is 0.293 e. The van der Waals surface area contributed by atoms with Crippen LogP contribution in [0, 0.1) is 0 Å². The summed E-state index contributed by atoms with van der Waals surface area (Å²) in [6, 6.07) is 1.66. The molecule has 0 radical (unpaired) electrons. The summed E-state index contributed by atoms with van der Waals surface area (Å²) in [5.41, 5.74) is 6.41. The Balaban J connectivity index is 0.000000345. The number of carbonyl (C=O) groups is 1. The second-order valence-corrected chi connectivity index (χ2v) is 10.1. The molecule has 164 valence electrons. The molecular formula is C22H44N4O2. The Hall–Kier alpha value is -0.690. The van der Waals surface area contributed by atoms with Gasteiger partial charge in [0.2, 0.25) is 0 Å². The molecule has 0 amide bonds. The number of piperidine rings is 2. The highest BCUT2D eigenvalue weighted by atomic mass is 16.5. The quantitative estimate of drug-likeness (QED) is 0.633. The van der Waals surface area contributed by atoms with E-state index in [1.165, 1.54) is 77.5 Å². The van der Waals surface area contributed by atoms with Gasteiger partial charge in [0, 0.05) is 36.8 Å². The number of hydrogen-bond acceptors (Lipinski definition) is 6. The third-order valence-corrected chi connectivity index (χ3v) is 6.61. The first-order valence-electron chi connectivity index (χ1n) is 11.3. The van der Waals surface area contributed by atoms with Crippen molar-refractivity contribution in [1.29, 1.82) is 0 Å². The van der Waals surface area contributed by atoms with Crippen molar-refractivity contribution in [3.05, 3.63) is 0 Å². The van der Waals surface area contributed by atoms with E-state index in [0.29, 0.717) is 30.1 Å². The summed E-state index contributed by atoms with van der Waals surface area (Å²) in [4.78, 5) is 12.4. The van der Waals surface area contributed by atoms with Gasteiger partial charge in [-0.25, -0.2) is 0 Å². The second-order valence-electron chi connectivity index (χ2n) is 10.1. The highest BCUT2D eigenvalue weighted by Crippen LogP contribution is 2.29. The number of likely N-dealkylation sites (tertiary alicyclic amines) is 1. The Kier molecular flexibility index (Phi) is 9.19. The van der Waals surface area contributed by atoms with Crippen LogP contribution in [0.5, 0.6) is 0 Å². The van der Waals surface area contributed by atoms with Crippen LogP contribution in [-0.4, -0.2) is 66.8 Å². The average molecular weight is 397 g/mol. The maximum atomic E-state index is 9.60. The minimum atomic E-state index is -0.318. The fourth-order valence-corrected chi connectivity index (χ4v) is 4.68. The second kappa shape index (κ2) is 10.9. The Bertz CT molecular complexity index is 452. The first-order chi connectivity index (χ1) is 13.2. The van der Waals surface area contributed by atoms with Gasteiger partial charge in [0.15, 0.2) is 0 Å². The molecule has 4 N–H and O–H groups in total. The molecule has 28 heavy (non-hydrogen) atoms. The normalized spacial score (nSPS) is 29.5. The van der Waals surface area contributed by atoms with Crippen LogP contribution in [0.25, 0.3) is 0 Å². The average Bonchev–Trinajstić information content (AvgIpc) is 2.64. The van der Waals surface area contributed by atoms with Gasteiger partial charge in [0.05, 0.1) is 0 Å². The zero-order chi connectivity index (χ0) is 20.6. The predicted molar refractivity (Wildman–Crippen MR) is 115 cm³/mol. The minimum absolute atomic E-state index is 0.318. The van der Waals surface area contributed by atoms with Crippen molar-refractivity contribution in [2.75, 3.05) is 26.2 Å². The first kappa shape index (κ1) is 23.6. The van der Waals surface area contributed by atoms with E-state index in [1.54, 1.807) is 0 Å². The highest BCUT2D eigenvalue weighted by Gasteiger charge is 2.36. The molecule has 0 aromatic rings. The van der Waals surface area contributed by atoms with Gasteiger partial charge in [-0.2, -0.15) is 0 Å². The molecule has 2 saturated heterocycles. The van der Waals surface area contributed by atoms with Gasteiger partial charge < -0.3 is 21.1 Å². The van der Waals surface area contributed by atoms with Crippen LogP contribution >= 0.6 is 0 Å². The lowest BCUT2D eigenvalue weighted by molar-refractivity contribution is -0.138. The summed E-state index contributed by atoms with van der Waals surface area (Å²) < 4.78 is 4.55. The number of nitrogens with zero attached hydrogens (tertiary/aromatic N) is 1. The Morgan fingerprint density at radius 3 is 2.21 bits per heavy atom. The fourth-order valence-electron chi connectivity index (χ4n) is 4.68. The Morgan fingerprint density at radius 1 is 1.11 bits per heavy atom. The molecule has 2 heterocycles. The van der Waals surface area contributed by atoms with Crippen LogP contribution in [0.2, 0.25) is 0 Å². The number of ether oxygens (including phenoxy) is 1. The Labute approximate surface area is 172 Å². The molecule has 6 nitrogen and oxygen atoms in total. The lowest BCUT2D eigenvalue weighted by atomic mass is 9.85. The molecule has 3 aliphatic rings. The van der Waals surface area contributed by atoms with Crippen LogP contribution in [0.1, 0.15) is 79.1 Å². The summed E-state index contributed by atoms with van der Waals surface area (Å²) in [5, 5.41) is 7.37. The number of nitrogens with one attached hydrogen (secondary N) is 2. The van der Waals surface area contributed by atoms with Crippen LogP contribution < -0.4 is 16.4 Å². The standard InChI is InChI=1S/C17H34N4.C5H10O2/c1-17(8-10-19-11-9-17)21-12-6-14(7-13-21)20-16-5-3-2-4-15(16)18;1-5(2,3)7-4-6/h14-16,19-20H,2-13,18H2,1H3;4H,1-3H3/t15-,16+;/m0./s1. The molecule has 0 unspecified atom stereocenters. The van der Waals surface area contributed by atoms with E-state index in [4.69, 9.17) is 5.73 Å². The van der Waals surface area contributed by atoms with E-state index < -0.39 is 0 Å². The van der Waals surface area contributed by atoms with Gasteiger partial charge in [-0.05, 0) is 79.3 Å². The summed E-state index contributed by atoms with van der Waals surface area (Å²) >= 11 is 0. The molecule has 0 bridgehead atoms. The zero-order valence-electron chi connectivity index (χ0n) is 18.6. The third kappa shape index (κ3) is 7.62. The van der Waals surface area contributed by atoms with Crippen LogP contribution in [-0.2, 0) is 9.53 Å². The van der Waals surface area contributed by atoms with Gasteiger partial charge in [-0.15, -0.1) is 0 Å². The summed E-state index contributed by atoms with van der Waals surface area (Å²) in [5.74, 6) is 0. The summed E-state index contributed by atoms with van der Waals surface area (Å²) in [7, 11) is 0. The summed E-state index contributed by atoms with van der Waals surface area (Å²) in [6.07, 6.45) is 10.4. The molecule has 3 fully saturated rings. The van der Waals surface area contributed by atoms with Crippen molar-refractivity contribution in [3.8, 4) is 0 Å². The molecule has 1 saturated carbocycles. The third-order valence-electron chi connectivity index (χ3n) is 6.61. The maximum absolute atomic E-state index is 9.60. The van der Waals surface area contributed by atoms with Gasteiger partial charge in [-0.3, -0.25) is 9.69 Å². The number of rotatable bonds is 4. The molecule has 0 aromatic heterocycles. The fraction of sp³-hybridized carbons (Fsp3) is 0.955. The molecule has 2 atom stereocenters. The molecule has 6 heteroatoms.